The average Bonchev–Trinajstić information content (AvgIpc) is 2.35. The van der Waals surface area contributed by atoms with Crippen LogP contribution in [0.3, 0.4) is 0 Å². The third-order valence-corrected chi connectivity index (χ3v) is 5.09. The zero-order valence-corrected chi connectivity index (χ0v) is 12.7. The first-order valence-corrected chi connectivity index (χ1v) is 7.62. The van der Waals surface area contributed by atoms with Crippen molar-refractivity contribution in [2.45, 2.75) is 49.8 Å². The lowest BCUT2D eigenvalue weighted by atomic mass is 10.0. The quantitative estimate of drug-likeness (QED) is 0.840. The summed E-state index contributed by atoms with van der Waals surface area (Å²) in [7, 11) is 0. The summed E-state index contributed by atoms with van der Waals surface area (Å²) in [5.74, 6) is 0. The van der Waals surface area contributed by atoms with Gasteiger partial charge in [-0.15, -0.1) is 11.8 Å². The normalized spacial score (nSPS) is 18.1. The van der Waals surface area contributed by atoms with Crippen molar-refractivity contribution < 1.29 is 5.11 Å². The standard InChI is InChI=1S/C14H22ClNOS/c1-4-13(16)14(18-10(3)9(2)17)11-5-7-12(15)8-6-11/h5-10,13-14,17H,4,16H2,1-3H3. The minimum Gasteiger partial charge on any atom is -0.392 e. The second-order valence-corrected chi connectivity index (χ2v) is 6.59. The molecular weight excluding hydrogens is 266 g/mol. The van der Waals surface area contributed by atoms with Gasteiger partial charge in [0.15, 0.2) is 0 Å². The van der Waals surface area contributed by atoms with Crippen LogP contribution in [0, 0.1) is 0 Å². The third kappa shape index (κ3) is 4.47. The van der Waals surface area contributed by atoms with E-state index in [4.69, 9.17) is 17.3 Å². The largest absolute Gasteiger partial charge is 0.392 e. The molecule has 2 nitrogen and oxygen atoms in total. The first kappa shape index (κ1) is 15.8. The van der Waals surface area contributed by atoms with Gasteiger partial charge in [0.05, 0.1) is 6.10 Å². The summed E-state index contributed by atoms with van der Waals surface area (Å²) in [6.45, 7) is 5.93. The number of rotatable bonds is 6. The van der Waals surface area contributed by atoms with Gasteiger partial charge in [0, 0.05) is 21.6 Å². The van der Waals surface area contributed by atoms with Crippen LogP contribution in [0.15, 0.2) is 24.3 Å². The van der Waals surface area contributed by atoms with Crippen LogP contribution in [0.1, 0.15) is 38.0 Å². The van der Waals surface area contributed by atoms with Crippen molar-refractivity contribution in [3.63, 3.8) is 0 Å². The van der Waals surface area contributed by atoms with Gasteiger partial charge in [-0.1, -0.05) is 37.6 Å². The summed E-state index contributed by atoms with van der Waals surface area (Å²) in [6, 6.07) is 7.89. The Morgan fingerprint density at radius 1 is 1.28 bits per heavy atom. The molecule has 0 saturated carbocycles. The maximum atomic E-state index is 9.63. The van der Waals surface area contributed by atoms with Crippen LogP contribution < -0.4 is 5.73 Å². The number of hydrogen-bond donors (Lipinski definition) is 2. The van der Waals surface area contributed by atoms with Crippen LogP contribution in [-0.4, -0.2) is 22.5 Å². The van der Waals surface area contributed by atoms with Crippen LogP contribution in [0.2, 0.25) is 5.02 Å². The van der Waals surface area contributed by atoms with Crippen molar-refractivity contribution in [3.8, 4) is 0 Å². The van der Waals surface area contributed by atoms with Crippen LogP contribution >= 0.6 is 23.4 Å². The Labute approximate surface area is 119 Å². The monoisotopic (exact) mass is 287 g/mol. The molecule has 0 aliphatic carbocycles. The molecule has 102 valence electrons. The highest BCUT2D eigenvalue weighted by molar-refractivity contribution is 8.00. The van der Waals surface area contributed by atoms with E-state index in [-0.39, 0.29) is 22.6 Å². The molecule has 0 saturated heterocycles. The molecule has 4 heteroatoms. The number of nitrogens with two attached hydrogens (primary N) is 1. The van der Waals surface area contributed by atoms with Crippen molar-refractivity contribution in [2.24, 2.45) is 5.73 Å². The van der Waals surface area contributed by atoms with Crippen LogP contribution in [0.5, 0.6) is 0 Å². The van der Waals surface area contributed by atoms with E-state index >= 15 is 0 Å². The summed E-state index contributed by atoms with van der Waals surface area (Å²) in [4.78, 5) is 0. The van der Waals surface area contributed by atoms with E-state index in [1.807, 2.05) is 38.1 Å². The van der Waals surface area contributed by atoms with Crippen LogP contribution in [0.4, 0.5) is 0 Å². The molecule has 0 spiro atoms. The summed E-state index contributed by atoms with van der Waals surface area (Å²) in [5, 5.41) is 10.7. The van der Waals surface area contributed by atoms with Gasteiger partial charge in [0.2, 0.25) is 0 Å². The number of thioether (sulfide) groups is 1. The summed E-state index contributed by atoms with van der Waals surface area (Å²) in [5.41, 5.74) is 7.37. The average molecular weight is 288 g/mol. The summed E-state index contributed by atoms with van der Waals surface area (Å²) in [6.07, 6.45) is 0.571. The van der Waals surface area contributed by atoms with Gasteiger partial charge in [-0.05, 0) is 31.0 Å². The Morgan fingerprint density at radius 2 is 1.83 bits per heavy atom. The molecule has 0 amide bonds. The maximum absolute atomic E-state index is 9.63. The molecular formula is C14H22ClNOS. The Bertz CT molecular complexity index is 355. The van der Waals surface area contributed by atoms with E-state index in [1.165, 1.54) is 5.56 Å². The van der Waals surface area contributed by atoms with Crippen molar-refractivity contribution in [1.82, 2.24) is 0 Å². The highest BCUT2D eigenvalue weighted by Crippen LogP contribution is 2.36. The molecule has 4 atom stereocenters. The first-order valence-electron chi connectivity index (χ1n) is 6.30. The SMILES string of the molecule is CCC(N)C(SC(C)C(C)O)c1ccc(Cl)cc1. The highest BCUT2D eigenvalue weighted by atomic mass is 35.5. The molecule has 0 fully saturated rings. The number of hydrogen-bond acceptors (Lipinski definition) is 3. The fraction of sp³-hybridized carbons (Fsp3) is 0.571. The number of aliphatic hydroxyl groups is 1. The maximum Gasteiger partial charge on any atom is 0.0628 e. The van der Waals surface area contributed by atoms with Gasteiger partial charge in [-0.25, -0.2) is 0 Å². The lowest BCUT2D eigenvalue weighted by Crippen LogP contribution is -2.28. The number of aliphatic hydroxyl groups excluding tert-OH is 1. The molecule has 0 bridgehead atoms. The molecule has 4 unspecified atom stereocenters. The van der Waals surface area contributed by atoms with E-state index in [9.17, 15) is 5.11 Å². The van der Waals surface area contributed by atoms with Crippen molar-refractivity contribution in [2.75, 3.05) is 0 Å². The molecule has 0 aliphatic rings. The summed E-state index contributed by atoms with van der Waals surface area (Å²) >= 11 is 7.63. The second kappa shape index (κ2) is 7.39. The van der Waals surface area contributed by atoms with E-state index in [1.54, 1.807) is 11.8 Å². The second-order valence-electron chi connectivity index (χ2n) is 4.63. The topological polar surface area (TPSA) is 46.2 Å². The van der Waals surface area contributed by atoms with Crippen LogP contribution in [-0.2, 0) is 0 Å². The molecule has 0 radical (unpaired) electrons. The van der Waals surface area contributed by atoms with Gasteiger partial charge in [-0.2, -0.15) is 0 Å². The zero-order valence-electron chi connectivity index (χ0n) is 11.1. The predicted octanol–water partition coefficient (Wildman–Crippen LogP) is 3.62. The molecule has 18 heavy (non-hydrogen) atoms. The fourth-order valence-corrected chi connectivity index (χ4v) is 3.16. The van der Waals surface area contributed by atoms with Gasteiger partial charge in [0.25, 0.3) is 0 Å². The van der Waals surface area contributed by atoms with Crippen LogP contribution in [0.25, 0.3) is 0 Å². The molecule has 1 aromatic rings. The van der Waals surface area contributed by atoms with Crippen molar-refractivity contribution >= 4 is 23.4 Å². The van der Waals surface area contributed by atoms with E-state index < -0.39 is 0 Å². The van der Waals surface area contributed by atoms with E-state index in [0.717, 1.165) is 11.4 Å². The number of halogens is 1. The lowest BCUT2D eigenvalue weighted by Gasteiger charge is -2.27. The Balaban J connectivity index is 2.87. The van der Waals surface area contributed by atoms with Gasteiger partial charge in [-0.3, -0.25) is 0 Å². The Kier molecular flexibility index (Phi) is 6.50. The molecule has 0 aliphatic heterocycles. The minimum atomic E-state index is -0.339. The van der Waals surface area contributed by atoms with E-state index in [2.05, 4.69) is 6.92 Å². The van der Waals surface area contributed by atoms with Crippen molar-refractivity contribution in [1.29, 1.82) is 0 Å². The molecule has 0 heterocycles. The lowest BCUT2D eigenvalue weighted by molar-refractivity contribution is 0.196. The Hall–Kier alpha value is -0.220. The highest BCUT2D eigenvalue weighted by Gasteiger charge is 2.23. The molecule has 0 aromatic heterocycles. The van der Waals surface area contributed by atoms with Gasteiger partial charge in [0.1, 0.15) is 0 Å². The van der Waals surface area contributed by atoms with E-state index in [0.29, 0.717) is 0 Å². The molecule has 1 aromatic carbocycles. The molecule has 3 N–H and O–H groups in total. The minimum absolute atomic E-state index is 0.0809. The predicted molar refractivity (Wildman–Crippen MR) is 81.2 cm³/mol. The van der Waals surface area contributed by atoms with Gasteiger partial charge < -0.3 is 10.8 Å². The smallest absolute Gasteiger partial charge is 0.0628 e. The van der Waals surface area contributed by atoms with Gasteiger partial charge >= 0.3 is 0 Å². The first-order chi connectivity index (χ1) is 8.45. The fourth-order valence-electron chi connectivity index (χ4n) is 1.64. The molecule has 1 rings (SSSR count). The van der Waals surface area contributed by atoms with Crippen molar-refractivity contribution in [3.05, 3.63) is 34.9 Å². The number of benzene rings is 1. The third-order valence-electron chi connectivity index (χ3n) is 3.10. The zero-order chi connectivity index (χ0) is 13.7. The summed E-state index contributed by atoms with van der Waals surface area (Å²) < 4.78 is 0. The Morgan fingerprint density at radius 3 is 2.28 bits per heavy atom.